The van der Waals surface area contributed by atoms with Crippen LogP contribution >= 0.6 is 11.3 Å². The van der Waals surface area contributed by atoms with E-state index in [-0.39, 0.29) is 11.7 Å². The zero-order valence-corrected chi connectivity index (χ0v) is 10.9. The second kappa shape index (κ2) is 4.90. The summed E-state index contributed by atoms with van der Waals surface area (Å²) in [5, 5.41) is 12.5. The summed E-state index contributed by atoms with van der Waals surface area (Å²) in [6.45, 7) is 0. The van der Waals surface area contributed by atoms with Crippen LogP contribution < -0.4 is 5.32 Å². The number of phenols is 1. The van der Waals surface area contributed by atoms with Gasteiger partial charge in [0.2, 0.25) is 0 Å². The summed E-state index contributed by atoms with van der Waals surface area (Å²) in [6, 6.07) is 10.1. The number of thiazole rings is 1. The molecule has 0 fully saturated rings. The third-order valence-electron chi connectivity index (χ3n) is 2.70. The number of hydrogen-bond acceptors (Lipinski definition) is 4. The molecule has 4 nitrogen and oxygen atoms in total. The predicted octanol–water partition coefficient (Wildman–Crippen LogP) is 3.39. The highest BCUT2D eigenvalue weighted by Crippen LogP contribution is 2.28. The lowest BCUT2D eigenvalue weighted by Crippen LogP contribution is -2.11. The van der Waals surface area contributed by atoms with Crippen LogP contribution in [0.15, 0.2) is 42.5 Å². The van der Waals surface area contributed by atoms with Crippen molar-refractivity contribution in [3.63, 3.8) is 0 Å². The lowest BCUT2D eigenvalue weighted by molar-refractivity contribution is 0.102. The molecule has 1 heterocycles. The van der Waals surface area contributed by atoms with Crippen molar-refractivity contribution in [2.45, 2.75) is 0 Å². The minimum absolute atomic E-state index is 0.151. The van der Waals surface area contributed by atoms with E-state index in [2.05, 4.69) is 10.3 Å². The van der Waals surface area contributed by atoms with Crippen LogP contribution in [0.5, 0.6) is 5.75 Å². The Balaban J connectivity index is 1.85. The highest BCUT2D eigenvalue weighted by molar-refractivity contribution is 7.22. The van der Waals surface area contributed by atoms with Crippen molar-refractivity contribution in [1.29, 1.82) is 0 Å². The van der Waals surface area contributed by atoms with Crippen LogP contribution in [0.1, 0.15) is 10.4 Å². The van der Waals surface area contributed by atoms with Crippen molar-refractivity contribution >= 4 is 32.6 Å². The molecule has 0 aliphatic rings. The number of carbonyl (C=O) groups excluding carboxylic acids is 1. The maximum absolute atomic E-state index is 12.8. The van der Waals surface area contributed by atoms with Crippen LogP contribution in [0.25, 0.3) is 10.2 Å². The molecule has 3 rings (SSSR count). The van der Waals surface area contributed by atoms with Crippen molar-refractivity contribution in [3.05, 3.63) is 53.8 Å². The zero-order valence-electron chi connectivity index (χ0n) is 10.1. The summed E-state index contributed by atoms with van der Waals surface area (Å²) >= 11 is 1.26. The second-order valence-electron chi connectivity index (χ2n) is 4.13. The van der Waals surface area contributed by atoms with E-state index in [1.165, 1.54) is 41.7 Å². The van der Waals surface area contributed by atoms with Crippen LogP contribution in [-0.4, -0.2) is 16.0 Å². The standard InChI is InChI=1S/C14H9FN2O2S/c15-9-3-1-8(2-4-9)13(19)17-14-16-11-6-5-10(18)7-12(11)20-14/h1-7,18H,(H,16,17,19). The van der Waals surface area contributed by atoms with Crippen molar-refractivity contribution in [2.24, 2.45) is 0 Å². The fraction of sp³-hybridized carbons (Fsp3) is 0. The topological polar surface area (TPSA) is 62.2 Å². The number of benzene rings is 2. The van der Waals surface area contributed by atoms with Gasteiger partial charge in [0.15, 0.2) is 5.13 Å². The fourth-order valence-electron chi connectivity index (χ4n) is 1.74. The Morgan fingerprint density at radius 3 is 2.70 bits per heavy atom. The van der Waals surface area contributed by atoms with Gasteiger partial charge >= 0.3 is 0 Å². The molecule has 6 heteroatoms. The minimum atomic E-state index is -0.392. The monoisotopic (exact) mass is 288 g/mol. The Bertz CT molecular complexity index is 783. The molecule has 20 heavy (non-hydrogen) atoms. The number of rotatable bonds is 2. The molecule has 0 aliphatic heterocycles. The molecule has 0 spiro atoms. The van der Waals surface area contributed by atoms with Crippen LogP contribution in [0.2, 0.25) is 0 Å². The van der Waals surface area contributed by atoms with Gasteiger partial charge in [-0.2, -0.15) is 0 Å². The SMILES string of the molecule is O=C(Nc1nc2ccc(O)cc2s1)c1ccc(F)cc1. The normalized spacial score (nSPS) is 10.7. The van der Waals surface area contributed by atoms with Gasteiger partial charge in [-0.3, -0.25) is 10.1 Å². The van der Waals surface area contributed by atoms with Gasteiger partial charge in [0.1, 0.15) is 11.6 Å². The first-order valence-corrected chi connectivity index (χ1v) is 6.60. The summed E-state index contributed by atoms with van der Waals surface area (Å²) in [5.41, 5.74) is 1.05. The summed E-state index contributed by atoms with van der Waals surface area (Å²) in [5.74, 6) is -0.595. The molecule has 0 saturated heterocycles. The van der Waals surface area contributed by atoms with Crippen molar-refractivity contribution in [1.82, 2.24) is 4.98 Å². The van der Waals surface area contributed by atoms with Crippen molar-refractivity contribution < 1.29 is 14.3 Å². The maximum Gasteiger partial charge on any atom is 0.257 e. The molecule has 0 bridgehead atoms. The van der Waals surface area contributed by atoms with E-state index in [0.29, 0.717) is 16.2 Å². The first kappa shape index (κ1) is 12.6. The average molecular weight is 288 g/mol. The molecule has 100 valence electrons. The molecule has 0 aliphatic carbocycles. The van der Waals surface area contributed by atoms with E-state index in [1.807, 2.05) is 0 Å². The Morgan fingerprint density at radius 2 is 1.95 bits per heavy atom. The highest BCUT2D eigenvalue weighted by Gasteiger charge is 2.10. The number of halogens is 1. The van der Waals surface area contributed by atoms with Gasteiger partial charge in [-0.25, -0.2) is 9.37 Å². The van der Waals surface area contributed by atoms with E-state index >= 15 is 0 Å². The van der Waals surface area contributed by atoms with Crippen LogP contribution in [0.4, 0.5) is 9.52 Å². The summed E-state index contributed by atoms with van der Waals surface area (Å²) in [6.07, 6.45) is 0. The molecule has 2 aromatic carbocycles. The number of aromatic nitrogens is 1. The number of nitrogens with zero attached hydrogens (tertiary/aromatic N) is 1. The number of anilines is 1. The second-order valence-corrected chi connectivity index (χ2v) is 5.16. The quantitative estimate of drug-likeness (QED) is 0.759. The number of amides is 1. The lowest BCUT2D eigenvalue weighted by Gasteiger charge is -2.00. The number of nitrogens with one attached hydrogen (secondary N) is 1. The number of fused-ring (bicyclic) bond motifs is 1. The maximum atomic E-state index is 12.8. The number of aromatic hydroxyl groups is 1. The van der Waals surface area contributed by atoms with E-state index in [0.717, 1.165) is 4.70 Å². The molecular formula is C14H9FN2O2S. The van der Waals surface area contributed by atoms with Crippen LogP contribution in [-0.2, 0) is 0 Å². The van der Waals surface area contributed by atoms with E-state index in [1.54, 1.807) is 12.1 Å². The molecule has 2 N–H and O–H groups in total. The molecule has 0 atom stereocenters. The zero-order chi connectivity index (χ0) is 14.1. The van der Waals surface area contributed by atoms with Gasteiger partial charge in [-0.15, -0.1) is 0 Å². The smallest absolute Gasteiger partial charge is 0.257 e. The third-order valence-corrected chi connectivity index (χ3v) is 3.63. The minimum Gasteiger partial charge on any atom is -0.508 e. The Hall–Kier alpha value is -2.47. The van der Waals surface area contributed by atoms with E-state index in [4.69, 9.17) is 0 Å². The van der Waals surface area contributed by atoms with Gasteiger partial charge in [-0.05, 0) is 42.5 Å². The largest absolute Gasteiger partial charge is 0.508 e. The van der Waals surface area contributed by atoms with E-state index in [9.17, 15) is 14.3 Å². The van der Waals surface area contributed by atoms with Gasteiger partial charge in [-0.1, -0.05) is 11.3 Å². The Morgan fingerprint density at radius 1 is 1.20 bits per heavy atom. The summed E-state index contributed by atoms with van der Waals surface area (Å²) < 4.78 is 13.6. The predicted molar refractivity (Wildman–Crippen MR) is 75.6 cm³/mol. The highest BCUT2D eigenvalue weighted by atomic mass is 32.1. The summed E-state index contributed by atoms with van der Waals surface area (Å²) in [7, 11) is 0. The third kappa shape index (κ3) is 2.46. The molecular weight excluding hydrogens is 279 g/mol. The van der Waals surface area contributed by atoms with Gasteiger partial charge < -0.3 is 5.11 Å². The number of phenolic OH excluding ortho intramolecular Hbond substituents is 1. The first-order valence-electron chi connectivity index (χ1n) is 5.78. The number of hydrogen-bond donors (Lipinski definition) is 2. The molecule has 1 aromatic heterocycles. The van der Waals surface area contributed by atoms with Crippen molar-refractivity contribution in [2.75, 3.05) is 5.32 Å². The van der Waals surface area contributed by atoms with Crippen LogP contribution in [0, 0.1) is 5.82 Å². The molecule has 0 unspecified atom stereocenters. The number of carbonyl (C=O) groups is 1. The van der Waals surface area contributed by atoms with Gasteiger partial charge in [0.25, 0.3) is 5.91 Å². The molecule has 1 amide bonds. The molecule has 0 radical (unpaired) electrons. The lowest BCUT2D eigenvalue weighted by atomic mass is 10.2. The molecule has 3 aromatic rings. The Kier molecular flexibility index (Phi) is 3.08. The van der Waals surface area contributed by atoms with Gasteiger partial charge in [0.05, 0.1) is 10.2 Å². The van der Waals surface area contributed by atoms with Gasteiger partial charge in [0, 0.05) is 5.56 Å². The van der Waals surface area contributed by atoms with E-state index < -0.39 is 5.82 Å². The average Bonchev–Trinajstić information content (AvgIpc) is 2.80. The first-order chi connectivity index (χ1) is 9.61. The molecule has 0 saturated carbocycles. The Labute approximate surface area is 117 Å². The van der Waals surface area contributed by atoms with Crippen LogP contribution in [0.3, 0.4) is 0 Å². The fourth-order valence-corrected chi connectivity index (χ4v) is 2.63. The van der Waals surface area contributed by atoms with Crippen molar-refractivity contribution in [3.8, 4) is 5.75 Å². The summed E-state index contributed by atoms with van der Waals surface area (Å²) in [4.78, 5) is 16.2.